The first-order chi connectivity index (χ1) is 6.83. The molecule has 2 atom stereocenters. The monoisotopic (exact) mass is 213 g/mol. The van der Waals surface area contributed by atoms with Crippen LogP contribution in [0, 0.1) is 5.92 Å². The fourth-order valence-corrected chi connectivity index (χ4v) is 2.69. The molecule has 1 fully saturated rings. The Labute approximate surface area is 89.5 Å². The number of nitrogens with zero attached hydrogens (tertiary/aromatic N) is 3. The van der Waals surface area contributed by atoms with E-state index in [-0.39, 0.29) is 0 Å². The number of aromatic nitrogens is 3. The number of halogens is 1. The molecule has 0 amide bonds. The van der Waals surface area contributed by atoms with E-state index in [9.17, 15) is 0 Å². The third kappa shape index (κ3) is 1.78. The fourth-order valence-electron chi connectivity index (χ4n) is 2.48. The second-order valence-electron chi connectivity index (χ2n) is 4.03. The number of hydrogen-bond acceptors (Lipinski definition) is 2. The third-order valence-corrected chi connectivity index (χ3v) is 3.55. The average Bonchev–Trinajstić information content (AvgIpc) is 2.64. The van der Waals surface area contributed by atoms with Crippen molar-refractivity contribution in [2.45, 2.75) is 45.1 Å². The van der Waals surface area contributed by atoms with Crippen LogP contribution in [0.4, 0.5) is 0 Å². The van der Waals surface area contributed by atoms with Crippen molar-refractivity contribution < 1.29 is 0 Å². The highest BCUT2D eigenvalue weighted by atomic mass is 35.5. The van der Waals surface area contributed by atoms with Crippen LogP contribution in [0.1, 0.15) is 45.1 Å². The molecule has 2 rings (SSSR count). The molecule has 78 valence electrons. The summed E-state index contributed by atoms with van der Waals surface area (Å²) in [5, 5.41) is 8.22. The van der Waals surface area contributed by atoms with Crippen molar-refractivity contribution in [3.8, 4) is 0 Å². The smallest absolute Gasteiger partial charge is 0.225 e. The molecule has 0 radical (unpaired) electrons. The van der Waals surface area contributed by atoms with E-state index in [2.05, 4.69) is 17.1 Å². The van der Waals surface area contributed by atoms with Crippen molar-refractivity contribution in [1.82, 2.24) is 14.8 Å². The van der Waals surface area contributed by atoms with E-state index in [1.54, 1.807) is 6.33 Å². The Morgan fingerprint density at radius 1 is 1.50 bits per heavy atom. The van der Waals surface area contributed by atoms with Gasteiger partial charge in [-0.2, -0.15) is 0 Å². The van der Waals surface area contributed by atoms with Gasteiger partial charge in [-0.3, -0.25) is 0 Å². The van der Waals surface area contributed by atoms with Crippen LogP contribution in [-0.2, 0) is 0 Å². The lowest BCUT2D eigenvalue weighted by molar-refractivity contribution is 0.232. The SMILES string of the molecule is CCC1CCCCC1n1cnnc1Cl. The standard InChI is InChI=1S/C10H16ClN3/c1-2-8-5-3-4-6-9(8)14-7-12-13-10(14)11/h7-9H,2-6H2,1H3. The Balaban J connectivity index is 2.19. The summed E-state index contributed by atoms with van der Waals surface area (Å²) in [6.45, 7) is 2.25. The van der Waals surface area contributed by atoms with Crippen LogP contribution in [0.25, 0.3) is 0 Å². The zero-order chi connectivity index (χ0) is 9.97. The summed E-state index contributed by atoms with van der Waals surface area (Å²) in [6, 6.07) is 0.524. The van der Waals surface area contributed by atoms with Gasteiger partial charge in [-0.05, 0) is 30.4 Å². The predicted molar refractivity (Wildman–Crippen MR) is 56.3 cm³/mol. The molecular formula is C10H16ClN3. The predicted octanol–water partition coefficient (Wildman–Crippen LogP) is 3.07. The zero-order valence-corrected chi connectivity index (χ0v) is 9.24. The normalized spacial score (nSPS) is 27.9. The van der Waals surface area contributed by atoms with Crippen LogP contribution in [-0.4, -0.2) is 14.8 Å². The minimum Gasteiger partial charge on any atom is -0.301 e. The first kappa shape index (κ1) is 9.97. The number of rotatable bonds is 2. The van der Waals surface area contributed by atoms with Crippen molar-refractivity contribution in [3.05, 3.63) is 11.6 Å². The van der Waals surface area contributed by atoms with Crippen LogP contribution < -0.4 is 0 Å². The summed E-state index contributed by atoms with van der Waals surface area (Å²) < 4.78 is 2.04. The molecule has 1 saturated carbocycles. The summed E-state index contributed by atoms with van der Waals surface area (Å²) >= 11 is 5.98. The lowest BCUT2D eigenvalue weighted by Crippen LogP contribution is -2.22. The Kier molecular flexibility index (Phi) is 3.06. The van der Waals surface area contributed by atoms with Gasteiger partial charge in [0.25, 0.3) is 0 Å². The minimum atomic E-state index is 0.524. The van der Waals surface area contributed by atoms with Gasteiger partial charge in [0.2, 0.25) is 5.28 Å². The Hall–Kier alpha value is -0.570. The molecule has 3 nitrogen and oxygen atoms in total. The Morgan fingerprint density at radius 3 is 2.93 bits per heavy atom. The third-order valence-electron chi connectivity index (χ3n) is 3.28. The molecule has 0 aromatic carbocycles. The molecule has 1 aromatic heterocycles. The van der Waals surface area contributed by atoms with E-state index in [0.717, 1.165) is 5.92 Å². The van der Waals surface area contributed by atoms with Crippen molar-refractivity contribution in [2.75, 3.05) is 0 Å². The van der Waals surface area contributed by atoms with Gasteiger partial charge >= 0.3 is 0 Å². The highest BCUT2D eigenvalue weighted by Gasteiger charge is 2.26. The van der Waals surface area contributed by atoms with Gasteiger partial charge in [0, 0.05) is 6.04 Å². The lowest BCUT2D eigenvalue weighted by atomic mass is 9.83. The second-order valence-corrected chi connectivity index (χ2v) is 4.37. The van der Waals surface area contributed by atoms with Gasteiger partial charge in [-0.25, -0.2) is 0 Å². The maximum absolute atomic E-state index is 5.98. The van der Waals surface area contributed by atoms with Crippen molar-refractivity contribution >= 4 is 11.6 Å². The minimum absolute atomic E-state index is 0.524. The zero-order valence-electron chi connectivity index (χ0n) is 8.49. The van der Waals surface area contributed by atoms with E-state index < -0.39 is 0 Å². The molecule has 0 aliphatic heterocycles. The van der Waals surface area contributed by atoms with Crippen LogP contribution in [0.3, 0.4) is 0 Å². The van der Waals surface area contributed by atoms with Crippen molar-refractivity contribution in [1.29, 1.82) is 0 Å². The molecule has 1 heterocycles. The topological polar surface area (TPSA) is 30.7 Å². The fraction of sp³-hybridized carbons (Fsp3) is 0.800. The molecule has 0 bridgehead atoms. The average molecular weight is 214 g/mol. The van der Waals surface area contributed by atoms with Crippen LogP contribution >= 0.6 is 11.6 Å². The van der Waals surface area contributed by atoms with Gasteiger partial charge in [0.15, 0.2) is 0 Å². The molecule has 1 aliphatic rings. The van der Waals surface area contributed by atoms with E-state index in [0.29, 0.717) is 11.3 Å². The first-order valence-corrected chi connectivity index (χ1v) is 5.75. The van der Waals surface area contributed by atoms with E-state index in [1.165, 1.54) is 32.1 Å². The van der Waals surface area contributed by atoms with E-state index >= 15 is 0 Å². The summed E-state index contributed by atoms with van der Waals surface area (Å²) in [4.78, 5) is 0. The molecule has 2 unspecified atom stereocenters. The highest BCUT2D eigenvalue weighted by Crippen LogP contribution is 2.36. The van der Waals surface area contributed by atoms with Gasteiger partial charge in [-0.1, -0.05) is 26.2 Å². The van der Waals surface area contributed by atoms with Crippen LogP contribution in [0.2, 0.25) is 5.28 Å². The van der Waals surface area contributed by atoms with Crippen molar-refractivity contribution in [2.24, 2.45) is 5.92 Å². The van der Waals surface area contributed by atoms with E-state index in [4.69, 9.17) is 11.6 Å². The molecule has 0 saturated heterocycles. The largest absolute Gasteiger partial charge is 0.301 e. The van der Waals surface area contributed by atoms with E-state index in [1.807, 2.05) is 4.57 Å². The van der Waals surface area contributed by atoms with Crippen LogP contribution in [0.5, 0.6) is 0 Å². The maximum Gasteiger partial charge on any atom is 0.225 e. The van der Waals surface area contributed by atoms with Gasteiger partial charge in [0.05, 0.1) is 0 Å². The molecule has 1 aliphatic carbocycles. The molecular weight excluding hydrogens is 198 g/mol. The number of hydrogen-bond donors (Lipinski definition) is 0. The molecule has 4 heteroatoms. The lowest BCUT2D eigenvalue weighted by Gasteiger charge is -2.31. The summed E-state index contributed by atoms with van der Waals surface area (Å²) in [7, 11) is 0. The second kappa shape index (κ2) is 4.30. The molecule has 14 heavy (non-hydrogen) atoms. The quantitative estimate of drug-likeness (QED) is 0.756. The van der Waals surface area contributed by atoms with Gasteiger partial charge in [0.1, 0.15) is 6.33 Å². The molecule has 1 aromatic rings. The Bertz CT molecular complexity index is 297. The van der Waals surface area contributed by atoms with Gasteiger partial charge in [-0.15, -0.1) is 10.2 Å². The highest BCUT2D eigenvalue weighted by molar-refractivity contribution is 6.28. The maximum atomic E-state index is 5.98. The van der Waals surface area contributed by atoms with Crippen molar-refractivity contribution in [3.63, 3.8) is 0 Å². The molecule has 0 N–H and O–H groups in total. The summed E-state index contributed by atoms with van der Waals surface area (Å²) in [5.74, 6) is 0.747. The van der Waals surface area contributed by atoms with Gasteiger partial charge < -0.3 is 4.57 Å². The summed E-state index contributed by atoms with van der Waals surface area (Å²) in [6.07, 6.45) is 8.18. The Morgan fingerprint density at radius 2 is 2.29 bits per heavy atom. The first-order valence-electron chi connectivity index (χ1n) is 5.38. The van der Waals surface area contributed by atoms with Crippen LogP contribution in [0.15, 0.2) is 6.33 Å². The summed E-state index contributed by atoms with van der Waals surface area (Å²) in [5.41, 5.74) is 0. The molecule has 0 spiro atoms.